The summed E-state index contributed by atoms with van der Waals surface area (Å²) >= 11 is 0. The molecule has 1 aromatic rings. The quantitative estimate of drug-likeness (QED) is 0.0289. The summed E-state index contributed by atoms with van der Waals surface area (Å²) in [4.78, 5) is 28.2. The van der Waals surface area contributed by atoms with Crippen LogP contribution in [0.4, 0.5) is 0 Å². The highest BCUT2D eigenvalue weighted by Crippen LogP contribution is 2.43. The highest BCUT2D eigenvalue weighted by Gasteiger charge is 2.59. The summed E-state index contributed by atoms with van der Waals surface area (Å²) in [5, 5.41) is 12.3. The van der Waals surface area contributed by atoms with E-state index in [0.29, 0.717) is 12.8 Å². The molecule has 78 heavy (non-hydrogen) atoms. The monoisotopic (exact) mass is 1120 g/mol. The molecule has 1 aromatic carbocycles. The number of carbonyl (C=O) groups is 2. The van der Waals surface area contributed by atoms with Gasteiger partial charge in [-0.2, -0.15) is 0 Å². The number of aliphatic hydroxyl groups is 1. The van der Waals surface area contributed by atoms with Crippen LogP contribution < -0.4 is 0 Å². The van der Waals surface area contributed by atoms with E-state index in [1.807, 2.05) is 44.2 Å². The van der Waals surface area contributed by atoms with Crippen molar-refractivity contribution in [2.75, 3.05) is 13.2 Å². The minimum Gasteiger partial charge on any atom is -0.455 e. The molecular formula is C63H110O14Si. The van der Waals surface area contributed by atoms with Gasteiger partial charge in [-0.1, -0.05) is 219 Å². The molecule has 4 fully saturated rings. The predicted molar refractivity (Wildman–Crippen MR) is 307 cm³/mol. The van der Waals surface area contributed by atoms with E-state index in [-0.39, 0.29) is 31.1 Å². The molecule has 4 heterocycles. The lowest BCUT2D eigenvalue weighted by molar-refractivity contribution is -0.382. The van der Waals surface area contributed by atoms with Crippen LogP contribution in [0.1, 0.15) is 254 Å². The third-order valence-corrected chi connectivity index (χ3v) is 21.0. The lowest BCUT2D eigenvalue weighted by atomic mass is 9.96. The highest BCUT2D eigenvalue weighted by molar-refractivity contribution is 6.74. The molecule has 15 heteroatoms. The van der Waals surface area contributed by atoms with Gasteiger partial charge in [0.1, 0.15) is 36.6 Å². The first-order valence-electron chi connectivity index (χ1n) is 31.3. The standard InChI is InChI=1S/C63H110O14Si/c1-12-14-16-18-20-22-24-26-28-30-32-34-39-43-50(64)70-54-52-48(45-67-59(72-52)47-41-37-36-38-42-47)69-60(57(54)71-51(65)44-40-35-33-31-29-27-25-23-21-19-17-15-13-2)73-58(66)56-55(76-63(8,9)77-56)53-49(74-62(6,7)75-53)46-68-78(10,11)61(3,4)5/h36-38,41-42,48-49,52-60,66H,12-35,39-40,43-46H2,1-11H3/t48-,49-,52-,53-,54+,55+,56+,57+,58?,59?,60+/m1/s1. The summed E-state index contributed by atoms with van der Waals surface area (Å²) in [5.74, 6) is -3.08. The number of ether oxygens (including phenoxy) is 10. The van der Waals surface area contributed by atoms with Crippen molar-refractivity contribution in [3.8, 4) is 0 Å². The third-order valence-electron chi connectivity index (χ3n) is 16.5. The normalized spacial score (nSPS) is 27.4. The van der Waals surface area contributed by atoms with Crippen molar-refractivity contribution in [1.29, 1.82) is 0 Å². The number of hydrogen-bond donors (Lipinski definition) is 1. The number of fused-ring (bicyclic) bond motifs is 1. The number of benzene rings is 1. The Morgan fingerprint density at radius 3 is 1.54 bits per heavy atom. The minimum absolute atomic E-state index is 0.0420. The van der Waals surface area contributed by atoms with Crippen LogP contribution in [0.25, 0.3) is 0 Å². The van der Waals surface area contributed by atoms with Crippen LogP contribution in [0.2, 0.25) is 18.1 Å². The van der Waals surface area contributed by atoms with Gasteiger partial charge in [-0.25, -0.2) is 0 Å². The van der Waals surface area contributed by atoms with Gasteiger partial charge in [0.25, 0.3) is 0 Å². The zero-order valence-electron chi connectivity index (χ0n) is 50.7. The molecule has 4 saturated heterocycles. The van der Waals surface area contributed by atoms with Gasteiger partial charge in [-0.15, -0.1) is 0 Å². The Morgan fingerprint density at radius 1 is 0.603 bits per heavy atom. The van der Waals surface area contributed by atoms with E-state index in [4.69, 9.17) is 51.8 Å². The lowest BCUT2D eigenvalue weighted by Gasteiger charge is -2.48. The van der Waals surface area contributed by atoms with Crippen LogP contribution in [0, 0.1) is 0 Å². The number of rotatable bonds is 38. The van der Waals surface area contributed by atoms with Crippen molar-refractivity contribution in [2.24, 2.45) is 0 Å². The van der Waals surface area contributed by atoms with Crippen LogP contribution in [-0.2, 0) is 61.4 Å². The average Bonchev–Trinajstić information content (AvgIpc) is 3.99. The summed E-state index contributed by atoms with van der Waals surface area (Å²) in [5.41, 5.74) is 0.777. The third kappa shape index (κ3) is 22.6. The van der Waals surface area contributed by atoms with E-state index < -0.39 is 99.5 Å². The second-order valence-electron chi connectivity index (χ2n) is 25.4. The van der Waals surface area contributed by atoms with Crippen LogP contribution >= 0.6 is 0 Å². The Morgan fingerprint density at radius 2 is 1.05 bits per heavy atom. The zero-order chi connectivity index (χ0) is 56.6. The van der Waals surface area contributed by atoms with E-state index in [0.717, 1.165) is 44.1 Å². The molecule has 450 valence electrons. The maximum absolute atomic E-state index is 14.1. The Hall–Kier alpha value is -2.02. The summed E-state index contributed by atoms with van der Waals surface area (Å²) in [6.07, 6.45) is 19.6. The Kier molecular flexibility index (Phi) is 29.0. The van der Waals surface area contributed by atoms with Gasteiger partial charge >= 0.3 is 11.9 Å². The summed E-state index contributed by atoms with van der Waals surface area (Å²) in [6, 6.07) is 9.54. The molecule has 0 aromatic heterocycles. The molecule has 0 radical (unpaired) electrons. The molecule has 14 nitrogen and oxygen atoms in total. The van der Waals surface area contributed by atoms with Crippen LogP contribution in [0.5, 0.6) is 0 Å². The van der Waals surface area contributed by atoms with Crippen molar-refractivity contribution in [2.45, 2.75) is 340 Å². The SMILES string of the molecule is CCCCCCCCCCCCCCCC(=O)O[C@@H]1[C@H](OC(=O)CCCCCCCCCCCCCCC)[C@H](OC(O)[C@H]2OC(C)(C)O[C@H]2[C@@H]2OC(C)(C)O[C@@H]2CO[Si](C)(C)C(C)(C)C)O[C@@H]2COC(c3ccccc3)O[C@@H]12. The molecule has 0 bridgehead atoms. The average molecular weight is 1120 g/mol. The largest absolute Gasteiger partial charge is 0.455 e. The summed E-state index contributed by atoms with van der Waals surface area (Å²) in [6.45, 7) is 23.0. The molecule has 11 atom stereocenters. The smallest absolute Gasteiger partial charge is 0.306 e. The molecular weight excluding hydrogens is 1010 g/mol. The molecule has 5 rings (SSSR count). The predicted octanol–water partition coefficient (Wildman–Crippen LogP) is 15.0. The van der Waals surface area contributed by atoms with E-state index in [1.54, 1.807) is 13.8 Å². The van der Waals surface area contributed by atoms with Gasteiger partial charge in [-0.05, 0) is 58.7 Å². The van der Waals surface area contributed by atoms with E-state index in [1.165, 1.54) is 116 Å². The van der Waals surface area contributed by atoms with Crippen molar-refractivity contribution in [3.63, 3.8) is 0 Å². The van der Waals surface area contributed by atoms with Crippen molar-refractivity contribution >= 4 is 20.3 Å². The van der Waals surface area contributed by atoms with Crippen molar-refractivity contribution in [1.82, 2.24) is 0 Å². The number of hydrogen-bond acceptors (Lipinski definition) is 14. The van der Waals surface area contributed by atoms with Crippen LogP contribution in [-0.4, -0.2) is 112 Å². The Labute approximate surface area is 473 Å². The highest BCUT2D eigenvalue weighted by atomic mass is 28.4. The summed E-state index contributed by atoms with van der Waals surface area (Å²) in [7, 11) is -2.21. The fraction of sp³-hybridized carbons (Fsp3) is 0.873. The van der Waals surface area contributed by atoms with E-state index in [9.17, 15) is 14.7 Å². The van der Waals surface area contributed by atoms with Crippen molar-refractivity contribution in [3.05, 3.63) is 35.9 Å². The molecule has 4 aliphatic heterocycles. The van der Waals surface area contributed by atoms with Gasteiger partial charge in [0.05, 0.1) is 13.2 Å². The maximum Gasteiger partial charge on any atom is 0.306 e. The first-order valence-corrected chi connectivity index (χ1v) is 34.2. The van der Waals surface area contributed by atoms with Gasteiger partial charge in [0.2, 0.25) is 6.29 Å². The lowest BCUT2D eigenvalue weighted by Crippen LogP contribution is -2.65. The molecule has 0 amide bonds. The fourth-order valence-electron chi connectivity index (χ4n) is 11.0. The van der Waals surface area contributed by atoms with Gasteiger partial charge in [0, 0.05) is 18.4 Å². The second-order valence-corrected chi connectivity index (χ2v) is 30.2. The molecule has 0 aliphatic carbocycles. The zero-order valence-corrected chi connectivity index (χ0v) is 51.7. The number of unbranched alkanes of at least 4 members (excludes halogenated alkanes) is 24. The topological polar surface area (TPSA) is 156 Å². The molecule has 0 saturated carbocycles. The number of esters is 2. The minimum atomic E-state index is -2.21. The van der Waals surface area contributed by atoms with Crippen LogP contribution in [0.15, 0.2) is 30.3 Å². The van der Waals surface area contributed by atoms with Gasteiger partial charge < -0.3 is 56.9 Å². The second kappa shape index (κ2) is 33.9. The van der Waals surface area contributed by atoms with E-state index >= 15 is 0 Å². The molecule has 1 N–H and O–H groups in total. The van der Waals surface area contributed by atoms with Gasteiger partial charge in [-0.3, -0.25) is 9.59 Å². The Bertz CT molecular complexity index is 1810. The number of carbonyl (C=O) groups excluding carboxylic acids is 2. The fourth-order valence-corrected chi connectivity index (χ4v) is 12.0. The first-order chi connectivity index (χ1) is 37.2. The first kappa shape index (κ1) is 66.8. The Balaban J connectivity index is 1.30. The van der Waals surface area contributed by atoms with Crippen LogP contribution in [0.3, 0.4) is 0 Å². The molecule has 4 aliphatic rings. The van der Waals surface area contributed by atoms with Gasteiger partial charge in [0.15, 0.2) is 44.7 Å². The molecule has 0 spiro atoms. The van der Waals surface area contributed by atoms with E-state index in [2.05, 4.69) is 47.7 Å². The summed E-state index contributed by atoms with van der Waals surface area (Å²) < 4.78 is 71.6. The molecule has 2 unspecified atom stereocenters. The number of aliphatic hydroxyl groups excluding tert-OH is 1. The van der Waals surface area contributed by atoms with Crippen molar-refractivity contribution < 1.29 is 66.5 Å². The maximum atomic E-state index is 14.1.